The van der Waals surface area contributed by atoms with Crippen LogP contribution in [-0.4, -0.2) is 87.9 Å². The summed E-state index contributed by atoms with van der Waals surface area (Å²) in [5.41, 5.74) is 12.3. The quantitative estimate of drug-likeness (QED) is 0.0727. The summed E-state index contributed by atoms with van der Waals surface area (Å²) in [4.78, 5) is 40.3. The number of nitrogen functional groups attached to an aromatic ring is 1. The first-order chi connectivity index (χ1) is 21.2. The van der Waals surface area contributed by atoms with Crippen molar-refractivity contribution in [3.8, 4) is 5.75 Å². The molecule has 3 atom stereocenters. The van der Waals surface area contributed by atoms with Gasteiger partial charge in [-0.25, -0.2) is 4.98 Å². The number of ether oxygens (including phenoxy) is 1. The van der Waals surface area contributed by atoms with Gasteiger partial charge in [0.05, 0.1) is 11.6 Å². The molecule has 2 aromatic rings. The zero-order chi connectivity index (χ0) is 32.7. The number of oxime groups is 1. The molecule has 16 nitrogen and oxygen atoms in total. The number of carbonyl (C=O) groups excluding carboxylic acids is 2. The number of aromatic nitrogens is 1. The van der Waals surface area contributed by atoms with Crippen LogP contribution in [0.25, 0.3) is 0 Å². The second-order valence-electron chi connectivity index (χ2n) is 11.7. The number of hydrogen-bond donors (Lipinski definition) is 5. The minimum absolute atomic E-state index is 0.105. The van der Waals surface area contributed by atoms with Crippen molar-refractivity contribution < 1.29 is 41.5 Å². The molecule has 2 aliphatic heterocycles. The fourth-order valence-electron chi connectivity index (χ4n) is 5.35. The number of hydrogen-bond acceptors (Lipinski definition) is 13. The van der Waals surface area contributed by atoms with Gasteiger partial charge in [0.1, 0.15) is 29.4 Å². The lowest BCUT2D eigenvalue weighted by molar-refractivity contribution is -0.218. The lowest BCUT2D eigenvalue weighted by Crippen LogP contribution is -2.76. The number of benzene rings is 1. The number of aliphatic imine (C=N–C) groups is 1. The van der Waals surface area contributed by atoms with E-state index in [1.165, 1.54) is 19.2 Å². The molecule has 244 valence electrons. The molecule has 18 heteroatoms. The third-order valence-electron chi connectivity index (χ3n) is 8.06. The number of thiazole rings is 1. The van der Waals surface area contributed by atoms with Crippen LogP contribution in [-0.2, 0) is 35.5 Å². The number of amidine groups is 1. The Hall–Kier alpha value is -3.84. The molecule has 5 rings (SSSR count). The lowest BCUT2D eigenvalue weighted by atomic mass is 9.81. The summed E-state index contributed by atoms with van der Waals surface area (Å²) in [5, 5.41) is 17.9. The highest BCUT2D eigenvalue weighted by molar-refractivity contribution is 7.80. The maximum absolute atomic E-state index is 13.3. The number of aliphatic hydroxyl groups is 1. The van der Waals surface area contributed by atoms with E-state index in [1.54, 1.807) is 6.92 Å². The topological polar surface area (TPSA) is 241 Å². The lowest BCUT2D eigenvalue weighted by Gasteiger charge is -2.50. The van der Waals surface area contributed by atoms with E-state index in [0.717, 1.165) is 35.3 Å². The van der Waals surface area contributed by atoms with Gasteiger partial charge in [-0.3, -0.25) is 19.1 Å². The molecule has 1 saturated carbocycles. The van der Waals surface area contributed by atoms with E-state index in [1.807, 2.05) is 18.2 Å². The Kier molecular flexibility index (Phi) is 9.05. The monoisotopic (exact) mass is 665 g/mol. The number of nitrogens with zero attached hydrogens (tertiary/aromatic N) is 4. The van der Waals surface area contributed by atoms with Gasteiger partial charge in [-0.2, -0.15) is 13.5 Å². The van der Waals surface area contributed by atoms with Crippen molar-refractivity contribution >= 4 is 50.2 Å². The summed E-state index contributed by atoms with van der Waals surface area (Å²) in [7, 11) is -4.96. The zero-order valence-electron chi connectivity index (χ0n) is 24.7. The number of rotatable bonds is 11. The molecule has 1 aromatic carbocycles. The highest BCUT2D eigenvalue weighted by Crippen LogP contribution is 2.34. The van der Waals surface area contributed by atoms with Crippen LogP contribution < -0.4 is 21.5 Å². The number of carbonyl (C=O) groups is 2. The van der Waals surface area contributed by atoms with E-state index in [-0.39, 0.29) is 29.2 Å². The van der Waals surface area contributed by atoms with E-state index in [2.05, 4.69) is 24.7 Å². The summed E-state index contributed by atoms with van der Waals surface area (Å²) in [6.45, 7) is 4.78. The average Bonchev–Trinajstić information content (AvgIpc) is 3.40. The van der Waals surface area contributed by atoms with Gasteiger partial charge in [0, 0.05) is 17.6 Å². The third kappa shape index (κ3) is 7.04. The van der Waals surface area contributed by atoms with Crippen molar-refractivity contribution in [2.75, 3.05) is 12.3 Å². The molecule has 0 bridgehead atoms. The minimum Gasteiger partial charge on any atom is -0.486 e. The second-order valence-corrected chi connectivity index (χ2v) is 13.6. The van der Waals surface area contributed by atoms with E-state index >= 15 is 0 Å². The van der Waals surface area contributed by atoms with Gasteiger partial charge in [0.25, 0.3) is 11.8 Å². The van der Waals surface area contributed by atoms with E-state index in [9.17, 15) is 23.1 Å². The van der Waals surface area contributed by atoms with Crippen LogP contribution in [0.2, 0.25) is 0 Å². The molecule has 3 aliphatic rings. The van der Waals surface area contributed by atoms with Crippen LogP contribution in [0.1, 0.15) is 56.9 Å². The van der Waals surface area contributed by atoms with Crippen molar-refractivity contribution in [2.45, 2.75) is 76.3 Å². The first-order valence-corrected chi connectivity index (χ1v) is 16.4. The molecule has 2 fully saturated rings. The SMILES string of the molecule is CC(O/N=C(\C(=O)NC1C(=O)N(OS(=O)(=O)O)C1(C)C)c1csc(N)n1)C1CCc2cc(C(N)=NC3CC(CO)C3)ccc2O1. The van der Waals surface area contributed by atoms with Gasteiger partial charge in [0.2, 0.25) is 0 Å². The van der Waals surface area contributed by atoms with Crippen LogP contribution in [0.3, 0.4) is 0 Å². The average molecular weight is 666 g/mol. The number of aliphatic hydroxyl groups excluding tert-OH is 1. The Morgan fingerprint density at radius 2 is 2.09 bits per heavy atom. The smallest absolute Gasteiger partial charge is 0.418 e. The third-order valence-corrected chi connectivity index (χ3v) is 9.07. The molecule has 1 aliphatic carbocycles. The molecule has 1 aromatic heterocycles. The van der Waals surface area contributed by atoms with Crippen molar-refractivity contribution in [3.05, 3.63) is 40.4 Å². The maximum atomic E-state index is 13.3. The summed E-state index contributed by atoms with van der Waals surface area (Å²) >= 11 is 1.07. The van der Waals surface area contributed by atoms with Crippen molar-refractivity contribution in [2.24, 2.45) is 21.8 Å². The van der Waals surface area contributed by atoms with Gasteiger partial charge < -0.3 is 31.5 Å². The molecule has 3 heterocycles. The van der Waals surface area contributed by atoms with Crippen LogP contribution in [0, 0.1) is 5.92 Å². The van der Waals surface area contributed by atoms with Crippen LogP contribution in [0.5, 0.6) is 5.75 Å². The predicted octanol–water partition coefficient (Wildman–Crippen LogP) is 0.545. The normalized spacial score (nSPS) is 25.4. The van der Waals surface area contributed by atoms with Crippen LogP contribution in [0.4, 0.5) is 5.13 Å². The molecule has 3 unspecified atom stereocenters. The van der Waals surface area contributed by atoms with E-state index in [0.29, 0.717) is 35.4 Å². The second kappa shape index (κ2) is 12.5. The van der Waals surface area contributed by atoms with E-state index in [4.69, 9.17) is 25.6 Å². The number of anilines is 1. The van der Waals surface area contributed by atoms with Gasteiger partial charge in [-0.05, 0) is 76.1 Å². The molecule has 0 spiro atoms. The number of aryl methyl sites for hydroxylation is 1. The molecule has 0 radical (unpaired) electrons. The fraction of sp³-hybridized carbons (Fsp3) is 0.519. The molecule has 1 saturated heterocycles. The fourth-order valence-corrected chi connectivity index (χ4v) is 6.35. The minimum atomic E-state index is -4.96. The standard InChI is InChI=1S/C27H35N7O9S2/c1-13(19-6-4-15-10-16(5-7-20(15)41-19)23(28)30-17-8-14(9-17)11-35)42-33-21(18-12-44-26(29)31-18)24(36)32-22-25(37)34(27(22,2)3)43-45(38,39)40/h5,7,10,12-14,17,19,22,35H,4,6,8-9,11H2,1-3H3,(H2,28,30)(H2,29,31)(H,32,36)(H,38,39,40)/b33-21-. The highest BCUT2D eigenvalue weighted by atomic mass is 32.3. The Bertz CT molecular complexity index is 1640. The molecule has 7 N–H and O–H groups in total. The number of β-lactam (4-membered cyclic amide) rings is 1. The van der Waals surface area contributed by atoms with Crippen molar-refractivity contribution in [1.82, 2.24) is 15.4 Å². The molecular formula is C27H35N7O9S2. The first-order valence-electron chi connectivity index (χ1n) is 14.2. The molecular weight excluding hydrogens is 630 g/mol. The number of nitrogens with two attached hydrogens (primary N) is 2. The summed E-state index contributed by atoms with van der Waals surface area (Å²) in [6.07, 6.45) is 1.89. The summed E-state index contributed by atoms with van der Waals surface area (Å²) in [5.74, 6) is -0.327. The van der Waals surface area contributed by atoms with Crippen LogP contribution in [0.15, 0.2) is 33.7 Å². The zero-order valence-corrected chi connectivity index (χ0v) is 26.4. The first kappa shape index (κ1) is 32.6. The Morgan fingerprint density at radius 1 is 1.36 bits per heavy atom. The Morgan fingerprint density at radius 3 is 2.71 bits per heavy atom. The number of amides is 2. The van der Waals surface area contributed by atoms with E-state index < -0.39 is 46.0 Å². The van der Waals surface area contributed by atoms with Gasteiger partial charge in [0.15, 0.2) is 16.9 Å². The molecule has 45 heavy (non-hydrogen) atoms. The van der Waals surface area contributed by atoms with Gasteiger partial charge in [-0.1, -0.05) is 5.16 Å². The largest absolute Gasteiger partial charge is 0.486 e. The van der Waals surface area contributed by atoms with Crippen molar-refractivity contribution in [3.63, 3.8) is 0 Å². The Balaban J connectivity index is 1.24. The van der Waals surface area contributed by atoms with Crippen LogP contribution >= 0.6 is 11.3 Å². The Labute approximate surface area is 263 Å². The van der Waals surface area contributed by atoms with Gasteiger partial charge >= 0.3 is 10.4 Å². The molecule has 2 amide bonds. The predicted molar refractivity (Wildman–Crippen MR) is 163 cm³/mol. The van der Waals surface area contributed by atoms with Gasteiger partial charge in [-0.15, -0.1) is 15.6 Å². The van der Waals surface area contributed by atoms with Crippen molar-refractivity contribution in [1.29, 1.82) is 0 Å². The summed E-state index contributed by atoms with van der Waals surface area (Å²) in [6, 6.07) is 4.54. The highest BCUT2D eigenvalue weighted by Gasteiger charge is 2.58. The maximum Gasteiger partial charge on any atom is 0.418 e. The number of hydroxylamine groups is 2. The number of nitrogens with one attached hydrogen (secondary N) is 1. The number of fused-ring (bicyclic) bond motifs is 1. The summed E-state index contributed by atoms with van der Waals surface area (Å²) < 4.78 is 41.7.